The fourth-order valence-corrected chi connectivity index (χ4v) is 2.52. The third-order valence-electron chi connectivity index (χ3n) is 3.39. The monoisotopic (exact) mass is 306 g/mol. The van der Waals surface area contributed by atoms with Crippen molar-refractivity contribution in [3.8, 4) is 0 Å². The van der Waals surface area contributed by atoms with Gasteiger partial charge in [-0.1, -0.05) is 36.7 Å². The first-order valence-corrected chi connectivity index (χ1v) is 7.57. The summed E-state index contributed by atoms with van der Waals surface area (Å²) in [7, 11) is 0. The summed E-state index contributed by atoms with van der Waals surface area (Å²) < 4.78 is 14.1. The zero-order chi connectivity index (χ0) is 15.2. The molecule has 0 aliphatic rings. The van der Waals surface area contributed by atoms with Crippen LogP contribution in [0.5, 0.6) is 0 Å². The Kier molecular flexibility index (Phi) is 5.71. The number of pyridine rings is 1. The molecule has 0 aliphatic heterocycles. The average Bonchev–Trinajstić information content (AvgIpc) is 2.47. The number of benzene rings is 1. The largest absolute Gasteiger partial charge is 0.310 e. The third kappa shape index (κ3) is 4.26. The van der Waals surface area contributed by atoms with Gasteiger partial charge in [-0.3, -0.25) is 4.98 Å². The number of nitrogens with zero attached hydrogens (tertiary/aromatic N) is 1. The van der Waals surface area contributed by atoms with E-state index in [1.165, 1.54) is 0 Å². The summed E-state index contributed by atoms with van der Waals surface area (Å²) in [5.41, 5.74) is 2.79. The van der Waals surface area contributed by atoms with E-state index in [2.05, 4.69) is 23.3 Å². The van der Waals surface area contributed by atoms with Crippen LogP contribution in [0.3, 0.4) is 0 Å². The van der Waals surface area contributed by atoms with E-state index >= 15 is 0 Å². The topological polar surface area (TPSA) is 24.9 Å². The van der Waals surface area contributed by atoms with E-state index in [1.54, 1.807) is 18.2 Å². The molecule has 0 aliphatic carbocycles. The van der Waals surface area contributed by atoms with Crippen LogP contribution >= 0.6 is 11.6 Å². The second kappa shape index (κ2) is 7.53. The number of hydrogen-bond acceptors (Lipinski definition) is 2. The minimum atomic E-state index is -0.330. The van der Waals surface area contributed by atoms with Crippen molar-refractivity contribution in [1.29, 1.82) is 0 Å². The smallest absolute Gasteiger partial charge is 0.145 e. The lowest BCUT2D eigenvalue weighted by Gasteiger charge is -2.20. The van der Waals surface area contributed by atoms with Crippen molar-refractivity contribution in [2.75, 3.05) is 6.54 Å². The minimum absolute atomic E-state index is 0.0327. The van der Waals surface area contributed by atoms with Gasteiger partial charge in [-0.2, -0.15) is 0 Å². The van der Waals surface area contributed by atoms with Gasteiger partial charge in [-0.05, 0) is 49.1 Å². The quantitative estimate of drug-likeness (QED) is 0.852. The Balaban J connectivity index is 2.26. The number of nitrogens with one attached hydrogen (secondary N) is 1. The highest BCUT2D eigenvalue weighted by Crippen LogP contribution is 2.24. The van der Waals surface area contributed by atoms with Crippen LogP contribution < -0.4 is 5.32 Å². The average molecular weight is 307 g/mol. The van der Waals surface area contributed by atoms with Crippen molar-refractivity contribution in [2.45, 2.75) is 32.7 Å². The summed E-state index contributed by atoms with van der Waals surface area (Å²) in [5.74, 6) is -0.330. The van der Waals surface area contributed by atoms with Crippen LogP contribution in [0.4, 0.5) is 4.39 Å². The molecule has 0 saturated carbocycles. The highest BCUT2D eigenvalue weighted by atomic mass is 35.5. The van der Waals surface area contributed by atoms with Crippen molar-refractivity contribution in [2.24, 2.45) is 0 Å². The fraction of sp³-hybridized carbons (Fsp3) is 0.353. The van der Waals surface area contributed by atoms with Crippen LogP contribution in [0, 0.1) is 12.7 Å². The molecule has 21 heavy (non-hydrogen) atoms. The van der Waals surface area contributed by atoms with E-state index in [0.717, 1.165) is 24.1 Å². The number of halogens is 2. The predicted molar refractivity (Wildman–Crippen MR) is 85.1 cm³/mol. The van der Waals surface area contributed by atoms with Gasteiger partial charge in [0.1, 0.15) is 5.82 Å². The summed E-state index contributed by atoms with van der Waals surface area (Å²) in [5, 5.41) is 3.63. The first kappa shape index (κ1) is 15.9. The van der Waals surface area contributed by atoms with Crippen molar-refractivity contribution in [1.82, 2.24) is 10.3 Å². The molecule has 0 radical (unpaired) electrons. The first-order chi connectivity index (χ1) is 10.1. The molecule has 1 aromatic carbocycles. The lowest BCUT2D eigenvalue weighted by atomic mass is 9.98. The number of rotatable bonds is 6. The van der Waals surface area contributed by atoms with E-state index in [9.17, 15) is 4.39 Å². The Morgan fingerprint density at radius 3 is 2.86 bits per heavy atom. The molecule has 0 saturated heterocycles. The zero-order valence-corrected chi connectivity index (χ0v) is 13.1. The van der Waals surface area contributed by atoms with Gasteiger partial charge in [-0.25, -0.2) is 4.39 Å². The molecule has 1 unspecified atom stereocenters. The van der Waals surface area contributed by atoms with Gasteiger partial charge < -0.3 is 5.32 Å². The lowest BCUT2D eigenvalue weighted by molar-refractivity contribution is 0.512. The second-order valence-corrected chi connectivity index (χ2v) is 5.63. The molecule has 1 N–H and O–H groups in total. The summed E-state index contributed by atoms with van der Waals surface area (Å²) in [4.78, 5) is 4.23. The maximum absolute atomic E-state index is 14.1. The molecule has 0 fully saturated rings. The van der Waals surface area contributed by atoms with Gasteiger partial charge in [0.05, 0.1) is 5.02 Å². The van der Waals surface area contributed by atoms with Gasteiger partial charge >= 0.3 is 0 Å². The Morgan fingerprint density at radius 2 is 2.14 bits per heavy atom. The third-order valence-corrected chi connectivity index (χ3v) is 3.69. The van der Waals surface area contributed by atoms with E-state index < -0.39 is 0 Å². The number of aromatic nitrogens is 1. The molecule has 1 heterocycles. The van der Waals surface area contributed by atoms with Crippen LogP contribution in [-0.4, -0.2) is 11.5 Å². The normalized spacial score (nSPS) is 12.4. The van der Waals surface area contributed by atoms with Crippen LogP contribution in [0.25, 0.3) is 0 Å². The molecule has 0 bridgehead atoms. The summed E-state index contributed by atoms with van der Waals surface area (Å²) >= 11 is 5.87. The van der Waals surface area contributed by atoms with Crippen molar-refractivity contribution in [3.63, 3.8) is 0 Å². The molecule has 1 atom stereocenters. The highest BCUT2D eigenvalue weighted by molar-refractivity contribution is 6.30. The molecule has 2 rings (SSSR count). The Bertz CT molecular complexity index is 601. The van der Waals surface area contributed by atoms with Gasteiger partial charge in [-0.15, -0.1) is 0 Å². The van der Waals surface area contributed by atoms with Crippen LogP contribution in [0.15, 0.2) is 36.7 Å². The zero-order valence-electron chi connectivity index (χ0n) is 12.4. The maximum atomic E-state index is 14.1. The van der Waals surface area contributed by atoms with E-state index in [1.807, 2.05) is 19.3 Å². The minimum Gasteiger partial charge on any atom is -0.310 e. The molecular weight excluding hydrogens is 287 g/mol. The van der Waals surface area contributed by atoms with Gasteiger partial charge in [0.2, 0.25) is 0 Å². The van der Waals surface area contributed by atoms with Crippen molar-refractivity contribution < 1.29 is 4.39 Å². The van der Waals surface area contributed by atoms with Gasteiger partial charge in [0.25, 0.3) is 0 Å². The van der Waals surface area contributed by atoms with Crippen LogP contribution in [0.1, 0.15) is 36.1 Å². The number of aryl methyl sites for hydroxylation is 1. The molecule has 2 nitrogen and oxygen atoms in total. The highest BCUT2D eigenvalue weighted by Gasteiger charge is 2.15. The van der Waals surface area contributed by atoms with E-state index in [0.29, 0.717) is 12.0 Å². The molecule has 112 valence electrons. The maximum Gasteiger partial charge on any atom is 0.145 e. The number of hydrogen-bond donors (Lipinski definition) is 1. The van der Waals surface area contributed by atoms with Crippen LogP contribution in [0.2, 0.25) is 5.02 Å². The predicted octanol–water partition coefficient (Wildman–Crippen LogP) is 4.47. The van der Waals surface area contributed by atoms with Crippen molar-refractivity contribution in [3.05, 3.63) is 64.2 Å². The summed E-state index contributed by atoms with van der Waals surface area (Å²) in [6.07, 6.45) is 5.23. The Morgan fingerprint density at radius 1 is 1.33 bits per heavy atom. The fourth-order valence-electron chi connectivity index (χ4n) is 2.32. The Hall–Kier alpha value is -1.45. The molecule has 1 aromatic heterocycles. The van der Waals surface area contributed by atoms with Gasteiger partial charge in [0.15, 0.2) is 0 Å². The summed E-state index contributed by atoms with van der Waals surface area (Å²) in [6.45, 7) is 4.99. The lowest BCUT2D eigenvalue weighted by Crippen LogP contribution is -2.24. The first-order valence-electron chi connectivity index (χ1n) is 7.19. The molecule has 4 heteroatoms. The van der Waals surface area contributed by atoms with E-state index in [4.69, 9.17) is 11.6 Å². The Labute approximate surface area is 130 Å². The molecule has 0 amide bonds. The van der Waals surface area contributed by atoms with Gasteiger partial charge in [0, 0.05) is 18.4 Å². The van der Waals surface area contributed by atoms with Crippen molar-refractivity contribution >= 4 is 11.6 Å². The molecule has 2 aromatic rings. The standard InChI is InChI=1S/C17H20ClFN2/c1-3-7-21-16(14-8-12(2)10-20-11-14)9-13-5-4-6-15(18)17(13)19/h4-6,8,10-11,16,21H,3,7,9H2,1-2H3. The SMILES string of the molecule is CCCNC(Cc1cccc(Cl)c1F)c1cncc(C)c1. The molecule has 0 spiro atoms. The van der Waals surface area contributed by atoms with Crippen LogP contribution in [-0.2, 0) is 6.42 Å². The summed E-state index contributed by atoms with van der Waals surface area (Å²) in [6, 6.07) is 7.26. The molecular formula is C17H20ClFN2. The van der Waals surface area contributed by atoms with E-state index in [-0.39, 0.29) is 16.9 Å². The second-order valence-electron chi connectivity index (χ2n) is 5.22.